The van der Waals surface area contributed by atoms with Crippen LogP contribution in [0, 0.1) is 46.3 Å². The second-order valence-electron chi connectivity index (χ2n) is 24.3. The lowest BCUT2D eigenvalue weighted by atomic mass is 9.57. The third-order valence-electron chi connectivity index (χ3n) is 19.2. The molecule has 0 spiro atoms. The molecule has 4 aliphatic heterocycles. The van der Waals surface area contributed by atoms with Crippen molar-refractivity contribution in [2.24, 2.45) is 46.3 Å². The van der Waals surface area contributed by atoms with Gasteiger partial charge in [0.05, 0.1) is 45.7 Å². The molecular weight excluding hydrogens is 1000 g/mol. The molecule has 4 heterocycles. The second kappa shape index (κ2) is 27.4. The zero-order chi connectivity index (χ0) is 55.4. The van der Waals surface area contributed by atoms with Crippen molar-refractivity contribution < 1.29 is 114 Å². The second-order valence-corrected chi connectivity index (χ2v) is 24.3. The molecule has 14 N–H and O–H groups in total. The number of fused-ring (bicyclic) bond motifs is 1. The highest BCUT2D eigenvalue weighted by Crippen LogP contribution is 2.61. The van der Waals surface area contributed by atoms with Crippen LogP contribution in [0.4, 0.5) is 0 Å². The molecule has 7 fully saturated rings. The Balaban J connectivity index is 0.997. The van der Waals surface area contributed by atoms with Crippen LogP contribution in [0.5, 0.6) is 0 Å². The first-order valence-electron chi connectivity index (χ1n) is 28.1. The van der Waals surface area contributed by atoms with Gasteiger partial charge in [-0.15, -0.1) is 0 Å². The molecular formula is C53H94O23. The molecule has 0 radical (unpaired) electrons. The van der Waals surface area contributed by atoms with Crippen molar-refractivity contribution in [2.75, 3.05) is 46.8 Å². The highest BCUT2D eigenvalue weighted by Gasteiger charge is 2.55. The number of ether oxygens (including phenoxy) is 9. The van der Waals surface area contributed by atoms with E-state index in [4.69, 9.17) is 42.6 Å². The number of hydrogen-bond acceptors (Lipinski definition) is 23. The van der Waals surface area contributed by atoms with Crippen molar-refractivity contribution in [3.8, 4) is 0 Å². The lowest BCUT2D eigenvalue weighted by Crippen LogP contribution is -2.65. The zero-order valence-electron chi connectivity index (χ0n) is 45.0. The van der Waals surface area contributed by atoms with E-state index in [0.29, 0.717) is 54.0 Å². The molecule has 4 saturated heterocycles. The van der Waals surface area contributed by atoms with E-state index in [9.17, 15) is 71.5 Å². The Morgan fingerprint density at radius 1 is 0.526 bits per heavy atom. The number of aliphatic hydroxyl groups excluding tert-OH is 14. The van der Waals surface area contributed by atoms with Gasteiger partial charge in [0.2, 0.25) is 0 Å². The van der Waals surface area contributed by atoms with Crippen LogP contribution in [0.25, 0.3) is 0 Å². The number of hydrogen-bond donors (Lipinski definition) is 14. The van der Waals surface area contributed by atoms with Crippen LogP contribution in [0.15, 0.2) is 0 Å². The van der Waals surface area contributed by atoms with Crippen LogP contribution >= 0.6 is 0 Å². The summed E-state index contributed by atoms with van der Waals surface area (Å²) < 4.78 is 52.2. The van der Waals surface area contributed by atoms with Crippen LogP contribution in [0.2, 0.25) is 0 Å². The smallest absolute Gasteiger partial charge is 0.187 e. The third kappa shape index (κ3) is 13.8. The summed E-state index contributed by atoms with van der Waals surface area (Å²) in [6, 6.07) is 0. The first kappa shape index (κ1) is 62.7. The normalized spacial score (nSPS) is 47.8. The van der Waals surface area contributed by atoms with Gasteiger partial charge in [-0.25, -0.2) is 0 Å². The minimum absolute atomic E-state index is 0.162. The van der Waals surface area contributed by atoms with Gasteiger partial charge in [-0.1, -0.05) is 53.4 Å². The average molecular weight is 1100 g/mol. The summed E-state index contributed by atoms with van der Waals surface area (Å²) in [5.41, 5.74) is 0.527. The summed E-state index contributed by atoms with van der Waals surface area (Å²) in [6.45, 7) is 6.34. The average Bonchev–Trinajstić information content (AvgIpc) is 3.78. The molecule has 76 heavy (non-hydrogen) atoms. The fourth-order valence-electron chi connectivity index (χ4n) is 14.3. The molecule has 3 saturated carbocycles. The van der Waals surface area contributed by atoms with Gasteiger partial charge in [0, 0.05) is 13.0 Å². The monoisotopic (exact) mass is 1100 g/mol. The van der Waals surface area contributed by atoms with Gasteiger partial charge in [-0.2, -0.15) is 0 Å². The molecule has 0 aromatic carbocycles. The van der Waals surface area contributed by atoms with Crippen LogP contribution in [-0.4, -0.2) is 247 Å². The molecule has 23 heteroatoms. The predicted molar refractivity (Wildman–Crippen MR) is 264 cm³/mol. The van der Waals surface area contributed by atoms with Gasteiger partial charge < -0.3 is 114 Å². The third-order valence-corrected chi connectivity index (χ3v) is 19.2. The first-order valence-corrected chi connectivity index (χ1v) is 28.1. The van der Waals surface area contributed by atoms with E-state index in [2.05, 4.69) is 27.7 Å². The maximum atomic E-state index is 11.3. The predicted octanol–water partition coefficient (Wildman–Crippen LogP) is -1.86. The molecule has 3 aliphatic carbocycles. The Bertz CT molecular complexity index is 1650. The Morgan fingerprint density at radius 2 is 1.01 bits per heavy atom. The number of methoxy groups -OCH3 is 1. The number of rotatable bonds is 23. The highest BCUT2D eigenvalue weighted by molar-refractivity contribution is 5.02. The summed E-state index contributed by atoms with van der Waals surface area (Å²) in [4.78, 5) is 0. The number of aliphatic hydroxyl groups is 14. The molecule has 444 valence electrons. The lowest BCUT2D eigenvalue weighted by molar-refractivity contribution is -0.363. The summed E-state index contributed by atoms with van der Waals surface area (Å²) in [7, 11) is 1.84. The molecule has 7 aliphatic rings. The molecule has 7 rings (SSSR count). The van der Waals surface area contributed by atoms with E-state index in [1.54, 1.807) is 0 Å². The lowest BCUT2D eigenvalue weighted by Gasteiger charge is -2.48. The maximum Gasteiger partial charge on any atom is 0.187 e. The molecule has 12 unspecified atom stereocenters. The fraction of sp³-hybridized carbons (Fsp3) is 1.00. The van der Waals surface area contributed by atoms with Gasteiger partial charge in [-0.3, -0.25) is 0 Å². The zero-order valence-corrected chi connectivity index (χ0v) is 45.0. The van der Waals surface area contributed by atoms with Gasteiger partial charge in [0.25, 0.3) is 0 Å². The van der Waals surface area contributed by atoms with Gasteiger partial charge in [-0.05, 0) is 98.2 Å². The molecule has 28 atom stereocenters. The Labute approximate surface area is 446 Å². The van der Waals surface area contributed by atoms with E-state index in [-0.39, 0.29) is 18.6 Å². The maximum absolute atomic E-state index is 11.3. The van der Waals surface area contributed by atoms with Crippen molar-refractivity contribution in [3.63, 3.8) is 0 Å². The quantitative estimate of drug-likeness (QED) is 0.0534. The van der Waals surface area contributed by atoms with E-state index < -0.39 is 155 Å². The minimum atomic E-state index is -1.84. The molecule has 0 aromatic heterocycles. The van der Waals surface area contributed by atoms with Crippen molar-refractivity contribution >= 4 is 0 Å². The van der Waals surface area contributed by atoms with E-state index in [1.807, 2.05) is 7.11 Å². The van der Waals surface area contributed by atoms with Crippen molar-refractivity contribution in [1.29, 1.82) is 0 Å². The topological polar surface area (TPSA) is 366 Å². The summed E-state index contributed by atoms with van der Waals surface area (Å²) in [5, 5.41) is 148. The van der Waals surface area contributed by atoms with Crippen LogP contribution in [-0.2, 0) is 42.6 Å². The van der Waals surface area contributed by atoms with Gasteiger partial charge >= 0.3 is 0 Å². The molecule has 0 aromatic rings. The minimum Gasteiger partial charge on any atom is -0.394 e. The van der Waals surface area contributed by atoms with E-state index in [1.165, 1.54) is 44.9 Å². The molecule has 0 amide bonds. The van der Waals surface area contributed by atoms with Gasteiger partial charge in [0.15, 0.2) is 25.2 Å². The summed E-state index contributed by atoms with van der Waals surface area (Å²) >= 11 is 0. The summed E-state index contributed by atoms with van der Waals surface area (Å²) in [6.07, 6.45) is -18.4. The van der Waals surface area contributed by atoms with Crippen LogP contribution < -0.4 is 0 Å². The van der Waals surface area contributed by atoms with E-state index in [0.717, 1.165) is 25.7 Å². The molecule has 23 nitrogen and oxygen atoms in total. The summed E-state index contributed by atoms with van der Waals surface area (Å²) in [5.74, 6) is 2.40. The van der Waals surface area contributed by atoms with E-state index >= 15 is 0 Å². The van der Waals surface area contributed by atoms with Crippen molar-refractivity contribution in [1.82, 2.24) is 0 Å². The Hall–Kier alpha value is -0.920. The standard InChI is InChI=1S/C53H94O23/c1-25(30-13-14-31-27(10-7-16-53(30,31)4)11-12-28-18-29(68-5)15-17-52(28,2)3)8-6-9-26(23-69-48-44(66)40(62)46(34(21-56)73-48)75-50-42(64)38(60)36(58)32(19-54)71-50)24-70-49-45(67)41(63)47(35(22-57)74-49)76-51-43(65)39(61)37(59)33(20-55)72-51/h25-51,54-67H,6-24H2,1-5H3/t25?,26?,27-,28+,29+,30?,31-,32?,33?,34?,35?,36+,37+,38-,39-,40+,41+,42?,43?,44?,45?,46+,47?,48+,49+,50+,51-,53+/m0/s1. The van der Waals surface area contributed by atoms with Crippen LogP contribution in [0.3, 0.4) is 0 Å². The Kier molecular flexibility index (Phi) is 22.6. The molecule has 0 bridgehead atoms. The first-order chi connectivity index (χ1) is 36.1. The SMILES string of the molecule is CO[C@@H]1CCC(C)(C)[C@H](CC[C@@H]2CCC[C@]3(C)C(C(C)CCCC(CO[C@@H]4OC(CO)C(O[C@@H]5OC(CO)[C@@H](O)[C@H](O)C5O)[C@H](O)C4O)CO[C@@H]4OC(CO)[C@@H](O[C@H]5OC(CO)[C@@H](O)[C@H](O)C5O)[C@H](O)C4O)CC[C@@H]23)C1. The fourth-order valence-corrected chi connectivity index (χ4v) is 14.3. The van der Waals surface area contributed by atoms with Crippen LogP contribution in [0.1, 0.15) is 111 Å². The highest BCUT2D eigenvalue weighted by atomic mass is 16.8. The Morgan fingerprint density at radius 3 is 1.50 bits per heavy atom. The van der Waals surface area contributed by atoms with Gasteiger partial charge in [0.1, 0.15) is 97.7 Å². The van der Waals surface area contributed by atoms with Crippen molar-refractivity contribution in [2.45, 2.75) is 240 Å². The largest absolute Gasteiger partial charge is 0.394 e. The van der Waals surface area contributed by atoms with Crippen molar-refractivity contribution in [3.05, 3.63) is 0 Å².